The predicted molar refractivity (Wildman–Crippen MR) is 169 cm³/mol. The Morgan fingerprint density at radius 1 is 0.683 bits per heavy atom. The summed E-state index contributed by atoms with van der Waals surface area (Å²) in [5.74, 6) is 0.199. The van der Waals surface area contributed by atoms with Crippen molar-refractivity contribution in [3.8, 4) is 5.75 Å². The third kappa shape index (κ3) is 17.5. The molecule has 0 saturated carbocycles. The third-order valence-corrected chi connectivity index (χ3v) is 9.83. The zero-order chi connectivity index (χ0) is 30.6. The van der Waals surface area contributed by atoms with Crippen molar-refractivity contribution in [2.75, 3.05) is 19.0 Å². The summed E-state index contributed by atoms with van der Waals surface area (Å²) < 4.78 is 68.5. The monoisotopic (exact) mass is 618 g/mol. The summed E-state index contributed by atoms with van der Waals surface area (Å²) >= 11 is 0. The first-order valence-corrected chi connectivity index (χ1v) is 19.1. The maximum atomic E-state index is 13.3. The first-order valence-electron chi connectivity index (χ1n) is 16.0. The van der Waals surface area contributed by atoms with Crippen LogP contribution in [0.15, 0.2) is 23.1 Å². The van der Waals surface area contributed by atoms with E-state index in [4.69, 9.17) is 13.5 Å². The van der Waals surface area contributed by atoms with Crippen LogP contribution in [0.25, 0.3) is 0 Å². The van der Waals surface area contributed by atoms with Crippen LogP contribution in [0.2, 0.25) is 0 Å². The fourth-order valence-electron chi connectivity index (χ4n) is 4.95. The SMILES string of the molecule is CCCCCCCCOc1ccc(C(C)(C)CCCCC)cc1S(=O)(=O)OCCCCCCCCCCS(=O)(=O)O. The summed E-state index contributed by atoms with van der Waals surface area (Å²) in [6, 6.07) is 5.57. The Morgan fingerprint density at radius 3 is 1.78 bits per heavy atom. The zero-order valence-electron chi connectivity index (χ0n) is 26.3. The Bertz CT molecular complexity index is 1030. The number of ether oxygens (including phenoxy) is 1. The number of rotatable bonds is 26. The van der Waals surface area contributed by atoms with Crippen LogP contribution in [-0.2, 0) is 29.8 Å². The average Bonchev–Trinajstić information content (AvgIpc) is 2.90. The van der Waals surface area contributed by atoms with E-state index in [1.807, 2.05) is 6.07 Å². The van der Waals surface area contributed by atoms with E-state index in [9.17, 15) is 16.8 Å². The van der Waals surface area contributed by atoms with Crippen LogP contribution >= 0.6 is 0 Å². The Balaban J connectivity index is 2.67. The lowest BCUT2D eigenvalue weighted by Crippen LogP contribution is -2.19. The van der Waals surface area contributed by atoms with Gasteiger partial charge < -0.3 is 4.74 Å². The molecule has 1 aromatic rings. The van der Waals surface area contributed by atoms with E-state index in [0.717, 1.165) is 82.6 Å². The fraction of sp³-hybridized carbons (Fsp3) is 0.812. The van der Waals surface area contributed by atoms with Crippen LogP contribution < -0.4 is 4.74 Å². The zero-order valence-corrected chi connectivity index (χ0v) is 27.9. The molecule has 0 radical (unpaired) electrons. The summed E-state index contributed by atoms with van der Waals surface area (Å²) in [7, 11) is -7.83. The molecule has 0 aliphatic heterocycles. The molecule has 0 saturated heterocycles. The van der Waals surface area contributed by atoms with Crippen molar-refractivity contribution >= 4 is 20.2 Å². The third-order valence-electron chi connectivity index (χ3n) is 7.69. The normalized spacial score (nSPS) is 12.6. The molecule has 9 heteroatoms. The van der Waals surface area contributed by atoms with E-state index in [1.54, 1.807) is 12.1 Å². The van der Waals surface area contributed by atoms with Gasteiger partial charge in [0.1, 0.15) is 10.6 Å². The van der Waals surface area contributed by atoms with Crippen molar-refractivity contribution < 1.29 is 30.3 Å². The minimum Gasteiger partial charge on any atom is -0.492 e. The molecule has 0 bridgehead atoms. The molecular weight excluding hydrogens is 560 g/mol. The first-order chi connectivity index (χ1) is 19.4. The van der Waals surface area contributed by atoms with Gasteiger partial charge in [-0.2, -0.15) is 16.8 Å². The molecule has 240 valence electrons. The number of hydrogen-bond acceptors (Lipinski definition) is 6. The second-order valence-corrected chi connectivity index (χ2v) is 15.2. The van der Waals surface area contributed by atoms with Gasteiger partial charge in [-0.05, 0) is 48.8 Å². The van der Waals surface area contributed by atoms with Crippen LogP contribution in [-0.4, -0.2) is 40.4 Å². The van der Waals surface area contributed by atoms with E-state index in [2.05, 4.69) is 27.7 Å². The van der Waals surface area contributed by atoms with Crippen LogP contribution in [0.3, 0.4) is 0 Å². The first kappa shape index (κ1) is 37.9. The minimum atomic E-state index is -3.97. The van der Waals surface area contributed by atoms with Crippen LogP contribution in [0, 0.1) is 0 Å². The quantitative estimate of drug-likeness (QED) is 0.0627. The lowest BCUT2D eigenvalue weighted by atomic mass is 9.80. The van der Waals surface area contributed by atoms with Crippen molar-refractivity contribution in [1.29, 1.82) is 0 Å². The van der Waals surface area contributed by atoms with Gasteiger partial charge in [-0.25, -0.2) is 0 Å². The molecular formula is C32H58O7S2. The van der Waals surface area contributed by atoms with Crippen molar-refractivity contribution in [2.24, 2.45) is 0 Å². The van der Waals surface area contributed by atoms with Gasteiger partial charge in [0.2, 0.25) is 0 Å². The minimum absolute atomic E-state index is 0.134. The fourth-order valence-corrected chi connectivity index (χ4v) is 6.63. The molecule has 0 atom stereocenters. The van der Waals surface area contributed by atoms with Gasteiger partial charge in [0.25, 0.3) is 10.1 Å². The van der Waals surface area contributed by atoms with Gasteiger partial charge in [-0.3, -0.25) is 8.74 Å². The molecule has 1 N–H and O–H groups in total. The van der Waals surface area contributed by atoms with E-state index < -0.39 is 20.2 Å². The summed E-state index contributed by atoms with van der Waals surface area (Å²) in [5.41, 5.74) is 0.836. The van der Waals surface area contributed by atoms with Gasteiger partial charge in [-0.15, -0.1) is 0 Å². The van der Waals surface area contributed by atoms with E-state index in [0.29, 0.717) is 25.2 Å². The summed E-state index contributed by atoms with van der Waals surface area (Å²) in [6.45, 7) is 9.34. The van der Waals surface area contributed by atoms with Crippen molar-refractivity contribution in [1.82, 2.24) is 0 Å². The number of hydrogen-bond donors (Lipinski definition) is 1. The smallest absolute Gasteiger partial charge is 0.300 e. The molecule has 0 aliphatic rings. The standard InChI is InChI=1S/C32H58O7S2/c1-5-7-9-10-15-19-25-38-30-23-22-29(32(3,4)24-18-8-6-2)28-31(30)41(36,37)39-26-20-16-13-11-12-14-17-21-27-40(33,34)35/h22-23,28H,5-21,24-27H2,1-4H3,(H,33,34,35). The lowest BCUT2D eigenvalue weighted by molar-refractivity contribution is 0.285. The summed E-state index contributed by atoms with van der Waals surface area (Å²) in [5, 5.41) is 0. The van der Waals surface area contributed by atoms with Gasteiger partial charge >= 0.3 is 10.1 Å². The molecule has 41 heavy (non-hydrogen) atoms. The van der Waals surface area contributed by atoms with Crippen LogP contribution in [0.4, 0.5) is 0 Å². The molecule has 0 spiro atoms. The summed E-state index contributed by atoms with van der Waals surface area (Å²) in [4.78, 5) is 0.134. The van der Waals surface area contributed by atoms with Crippen LogP contribution in [0.5, 0.6) is 5.75 Å². The van der Waals surface area contributed by atoms with Gasteiger partial charge in [0.05, 0.1) is 19.0 Å². The van der Waals surface area contributed by atoms with Crippen LogP contribution in [0.1, 0.15) is 149 Å². The number of benzene rings is 1. The highest BCUT2D eigenvalue weighted by Crippen LogP contribution is 2.35. The molecule has 0 aromatic heterocycles. The van der Waals surface area contributed by atoms with E-state index >= 15 is 0 Å². The van der Waals surface area contributed by atoms with E-state index in [1.165, 1.54) is 25.7 Å². The topological polar surface area (TPSA) is 107 Å². The second kappa shape index (κ2) is 20.7. The van der Waals surface area contributed by atoms with Crippen molar-refractivity contribution in [2.45, 2.75) is 154 Å². The van der Waals surface area contributed by atoms with Gasteiger partial charge in [0.15, 0.2) is 0 Å². The molecule has 0 fully saturated rings. The molecule has 0 heterocycles. The highest BCUT2D eigenvalue weighted by molar-refractivity contribution is 7.87. The average molecular weight is 619 g/mol. The maximum Gasteiger partial charge on any atom is 0.300 e. The van der Waals surface area contributed by atoms with Gasteiger partial charge in [0, 0.05) is 0 Å². The predicted octanol–water partition coefficient (Wildman–Crippen LogP) is 9.00. The second-order valence-electron chi connectivity index (χ2n) is 12.0. The lowest BCUT2D eigenvalue weighted by Gasteiger charge is -2.26. The molecule has 0 aliphatic carbocycles. The summed E-state index contributed by atoms with van der Waals surface area (Å²) in [6.07, 6.45) is 17.9. The molecule has 1 aromatic carbocycles. The Morgan fingerprint density at radius 2 is 1.20 bits per heavy atom. The Kier molecular flexibility index (Phi) is 19.1. The molecule has 7 nitrogen and oxygen atoms in total. The Labute approximate surface area is 252 Å². The van der Waals surface area contributed by atoms with E-state index in [-0.39, 0.29) is 22.7 Å². The van der Waals surface area contributed by atoms with Crippen molar-refractivity contribution in [3.05, 3.63) is 23.8 Å². The molecule has 1 rings (SSSR count). The van der Waals surface area contributed by atoms with Crippen molar-refractivity contribution in [3.63, 3.8) is 0 Å². The van der Waals surface area contributed by atoms with Gasteiger partial charge in [-0.1, -0.05) is 124 Å². The molecule has 0 unspecified atom stereocenters. The highest BCUT2D eigenvalue weighted by atomic mass is 32.2. The maximum absolute atomic E-state index is 13.3. The largest absolute Gasteiger partial charge is 0.492 e. The highest BCUT2D eigenvalue weighted by Gasteiger charge is 2.27. The Hall–Kier alpha value is -1.16. The molecule has 0 amide bonds. The number of unbranched alkanes of at least 4 members (excludes halogenated alkanes) is 14.